The van der Waals surface area contributed by atoms with Gasteiger partial charge in [0.2, 0.25) is 5.88 Å². The highest BCUT2D eigenvalue weighted by Crippen LogP contribution is 2.24. The molecule has 0 saturated carbocycles. The third-order valence-corrected chi connectivity index (χ3v) is 5.24. The van der Waals surface area contributed by atoms with Gasteiger partial charge in [-0.15, -0.1) is 11.3 Å². The standard InChI is InChI=1S/C18H26N4OS/c1-3-10-23-17-5-4-15(12-20-17)11-19-16-6-8-22(9-7-16)18-21-14(2)13-24-18/h4-5,12-13,16,19H,3,6-11H2,1-2H3. The van der Waals surface area contributed by atoms with Crippen LogP contribution in [0.1, 0.15) is 37.4 Å². The predicted octanol–water partition coefficient (Wildman–Crippen LogP) is 3.39. The first kappa shape index (κ1) is 17.2. The van der Waals surface area contributed by atoms with Gasteiger partial charge in [0.1, 0.15) is 0 Å². The molecule has 0 bridgehead atoms. The molecule has 0 amide bonds. The Morgan fingerprint density at radius 2 is 2.17 bits per heavy atom. The van der Waals surface area contributed by atoms with Crippen LogP contribution in [0.25, 0.3) is 0 Å². The van der Waals surface area contributed by atoms with Crippen molar-refractivity contribution in [2.75, 3.05) is 24.6 Å². The normalized spacial score (nSPS) is 15.7. The van der Waals surface area contributed by atoms with Crippen LogP contribution in [0.15, 0.2) is 23.7 Å². The van der Waals surface area contributed by atoms with E-state index in [0.717, 1.165) is 56.3 Å². The van der Waals surface area contributed by atoms with Gasteiger partial charge in [-0.1, -0.05) is 13.0 Å². The molecule has 2 aromatic heterocycles. The van der Waals surface area contributed by atoms with Crippen LogP contribution in [-0.4, -0.2) is 35.7 Å². The molecule has 3 heterocycles. The molecular formula is C18H26N4OS. The van der Waals surface area contributed by atoms with Gasteiger partial charge >= 0.3 is 0 Å². The number of nitrogens with one attached hydrogen (secondary N) is 1. The molecule has 3 rings (SSSR count). The summed E-state index contributed by atoms with van der Waals surface area (Å²) in [6.07, 6.45) is 5.23. The monoisotopic (exact) mass is 346 g/mol. The van der Waals surface area contributed by atoms with E-state index in [0.29, 0.717) is 11.9 Å². The maximum atomic E-state index is 5.52. The molecule has 0 aromatic carbocycles. The van der Waals surface area contributed by atoms with E-state index in [9.17, 15) is 0 Å². The molecule has 24 heavy (non-hydrogen) atoms. The Morgan fingerprint density at radius 1 is 1.33 bits per heavy atom. The molecule has 1 aliphatic heterocycles. The average Bonchev–Trinajstić information content (AvgIpc) is 3.06. The molecule has 6 heteroatoms. The Balaban J connectivity index is 1.41. The summed E-state index contributed by atoms with van der Waals surface area (Å²) in [5, 5.41) is 6.94. The number of thiazole rings is 1. The van der Waals surface area contributed by atoms with Gasteiger partial charge in [-0.3, -0.25) is 0 Å². The zero-order valence-electron chi connectivity index (χ0n) is 14.5. The van der Waals surface area contributed by atoms with Gasteiger partial charge in [0.05, 0.1) is 12.3 Å². The minimum absolute atomic E-state index is 0.568. The summed E-state index contributed by atoms with van der Waals surface area (Å²) in [4.78, 5) is 11.3. The van der Waals surface area contributed by atoms with Gasteiger partial charge in [-0.2, -0.15) is 0 Å². The number of aromatic nitrogens is 2. The van der Waals surface area contributed by atoms with Crippen LogP contribution in [0.5, 0.6) is 5.88 Å². The fourth-order valence-corrected chi connectivity index (χ4v) is 3.69. The summed E-state index contributed by atoms with van der Waals surface area (Å²) < 4.78 is 5.52. The Morgan fingerprint density at radius 3 is 2.79 bits per heavy atom. The third kappa shape index (κ3) is 4.68. The van der Waals surface area contributed by atoms with E-state index in [-0.39, 0.29) is 0 Å². The average molecular weight is 347 g/mol. The number of piperidine rings is 1. The van der Waals surface area contributed by atoms with E-state index in [1.54, 1.807) is 11.3 Å². The molecule has 1 fully saturated rings. The van der Waals surface area contributed by atoms with Gasteiger partial charge in [0.15, 0.2) is 5.13 Å². The summed E-state index contributed by atoms with van der Waals surface area (Å²) >= 11 is 1.75. The van der Waals surface area contributed by atoms with Crippen LogP contribution in [0, 0.1) is 6.92 Å². The molecular weight excluding hydrogens is 320 g/mol. The zero-order chi connectivity index (χ0) is 16.8. The van der Waals surface area contributed by atoms with Crippen LogP contribution in [0.3, 0.4) is 0 Å². The molecule has 0 atom stereocenters. The minimum atomic E-state index is 0.568. The molecule has 2 aromatic rings. The lowest BCUT2D eigenvalue weighted by atomic mass is 10.1. The summed E-state index contributed by atoms with van der Waals surface area (Å²) in [6, 6.07) is 4.62. The van der Waals surface area contributed by atoms with Crippen molar-refractivity contribution in [2.45, 2.75) is 45.7 Å². The largest absolute Gasteiger partial charge is 0.478 e. The highest BCUT2D eigenvalue weighted by molar-refractivity contribution is 7.13. The topological polar surface area (TPSA) is 50.3 Å². The van der Waals surface area contributed by atoms with Gasteiger partial charge in [-0.05, 0) is 31.7 Å². The van der Waals surface area contributed by atoms with Crippen LogP contribution >= 0.6 is 11.3 Å². The molecule has 130 valence electrons. The first-order chi connectivity index (χ1) is 11.7. The Labute approximate surface area is 148 Å². The number of ether oxygens (including phenoxy) is 1. The second kappa shape index (κ2) is 8.44. The molecule has 1 N–H and O–H groups in total. The first-order valence-electron chi connectivity index (χ1n) is 8.73. The van der Waals surface area contributed by atoms with Gasteiger partial charge in [-0.25, -0.2) is 9.97 Å². The lowest BCUT2D eigenvalue weighted by Crippen LogP contribution is -2.42. The van der Waals surface area contributed by atoms with Gasteiger partial charge < -0.3 is 15.0 Å². The maximum absolute atomic E-state index is 5.52. The Bertz CT molecular complexity index is 620. The van der Waals surface area contributed by atoms with Crippen LogP contribution in [0.2, 0.25) is 0 Å². The number of anilines is 1. The number of rotatable bonds is 7. The van der Waals surface area contributed by atoms with E-state index in [4.69, 9.17) is 4.74 Å². The van der Waals surface area contributed by atoms with Gasteiger partial charge in [0, 0.05) is 43.3 Å². The molecule has 1 saturated heterocycles. The number of pyridine rings is 1. The molecule has 0 spiro atoms. The maximum Gasteiger partial charge on any atom is 0.213 e. The second-order valence-corrected chi connectivity index (χ2v) is 7.10. The highest BCUT2D eigenvalue weighted by atomic mass is 32.1. The lowest BCUT2D eigenvalue weighted by molar-refractivity contribution is 0.305. The highest BCUT2D eigenvalue weighted by Gasteiger charge is 2.20. The van der Waals surface area contributed by atoms with Crippen molar-refractivity contribution < 1.29 is 4.74 Å². The van der Waals surface area contributed by atoms with Gasteiger partial charge in [0.25, 0.3) is 0 Å². The molecule has 1 aliphatic rings. The van der Waals surface area contributed by atoms with Crippen molar-refractivity contribution >= 4 is 16.5 Å². The SMILES string of the molecule is CCCOc1ccc(CNC2CCN(c3nc(C)cs3)CC2)cn1. The second-order valence-electron chi connectivity index (χ2n) is 6.27. The summed E-state index contributed by atoms with van der Waals surface area (Å²) in [5.41, 5.74) is 2.32. The van der Waals surface area contributed by atoms with E-state index in [2.05, 4.69) is 45.5 Å². The van der Waals surface area contributed by atoms with E-state index in [1.165, 1.54) is 5.56 Å². The molecule has 5 nitrogen and oxygen atoms in total. The van der Waals surface area contributed by atoms with Crippen LogP contribution in [-0.2, 0) is 6.54 Å². The fraction of sp³-hybridized carbons (Fsp3) is 0.556. The third-order valence-electron chi connectivity index (χ3n) is 4.22. The number of hydrogen-bond donors (Lipinski definition) is 1. The van der Waals surface area contributed by atoms with E-state index in [1.807, 2.05) is 12.3 Å². The van der Waals surface area contributed by atoms with Crippen molar-refractivity contribution in [3.8, 4) is 5.88 Å². The summed E-state index contributed by atoms with van der Waals surface area (Å²) in [6.45, 7) is 7.89. The first-order valence-corrected chi connectivity index (χ1v) is 9.60. The summed E-state index contributed by atoms with van der Waals surface area (Å²) in [7, 11) is 0. The van der Waals surface area contributed by atoms with Crippen molar-refractivity contribution in [1.29, 1.82) is 0 Å². The van der Waals surface area contributed by atoms with Crippen molar-refractivity contribution in [2.24, 2.45) is 0 Å². The fourth-order valence-electron chi connectivity index (χ4n) is 2.83. The van der Waals surface area contributed by atoms with Crippen LogP contribution < -0.4 is 15.0 Å². The van der Waals surface area contributed by atoms with Crippen molar-refractivity contribution in [3.05, 3.63) is 35.0 Å². The molecule has 0 radical (unpaired) electrons. The predicted molar refractivity (Wildman–Crippen MR) is 98.9 cm³/mol. The minimum Gasteiger partial charge on any atom is -0.478 e. The van der Waals surface area contributed by atoms with E-state index >= 15 is 0 Å². The number of hydrogen-bond acceptors (Lipinski definition) is 6. The Hall–Kier alpha value is -1.66. The number of aryl methyl sites for hydroxylation is 1. The summed E-state index contributed by atoms with van der Waals surface area (Å²) in [5.74, 6) is 0.715. The lowest BCUT2D eigenvalue weighted by Gasteiger charge is -2.32. The molecule has 0 unspecified atom stereocenters. The smallest absolute Gasteiger partial charge is 0.213 e. The molecule has 0 aliphatic carbocycles. The van der Waals surface area contributed by atoms with Crippen LogP contribution in [0.4, 0.5) is 5.13 Å². The van der Waals surface area contributed by atoms with E-state index < -0.39 is 0 Å². The quantitative estimate of drug-likeness (QED) is 0.833. The number of nitrogens with zero attached hydrogens (tertiary/aromatic N) is 3. The van der Waals surface area contributed by atoms with Crippen molar-refractivity contribution in [1.82, 2.24) is 15.3 Å². The zero-order valence-corrected chi connectivity index (χ0v) is 15.3. The Kier molecular flexibility index (Phi) is 6.04. The van der Waals surface area contributed by atoms with Crippen molar-refractivity contribution in [3.63, 3.8) is 0 Å².